The van der Waals surface area contributed by atoms with Gasteiger partial charge in [-0.1, -0.05) is 54.3 Å². The summed E-state index contributed by atoms with van der Waals surface area (Å²) in [6.45, 7) is 0.388. The number of nitrogens with one attached hydrogen (secondary N) is 1. The fraction of sp³-hybridized carbons (Fsp3) is 0.200. The number of amides is 1. The Morgan fingerprint density at radius 2 is 1.80 bits per heavy atom. The minimum atomic E-state index is -0.824. The molecule has 0 bridgehead atoms. The van der Waals surface area contributed by atoms with Gasteiger partial charge in [-0.05, 0) is 29.7 Å². The van der Waals surface area contributed by atoms with E-state index in [-0.39, 0.29) is 19.6 Å². The van der Waals surface area contributed by atoms with Crippen molar-refractivity contribution in [2.75, 3.05) is 6.54 Å². The average Bonchev–Trinajstić information content (AvgIpc) is 2.63. The van der Waals surface area contributed by atoms with Crippen molar-refractivity contribution in [3.8, 4) is 11.8 Å². The highest BCUT2D eigenvalue weighted by molar-refractivity contribution is 5.67. The smallest absolute Gasteiger partial charge is 0.408 e. The van der Waals surface area contributed by atoms with Gasteiger partial charge in [-0.3, -0.25) is 4.79 Å². The summed E-state index contributed by atoms with van der Waals surface area (Å²) in [5, 5.41) is 11.3. The third-order valence-electron chi connectivity index (χ3n) is 3.32. The van der Waals surface area contributed by atoms with Crippen LogP contribution in [0.5, 0.6) is 0 Å². The van der Waals surface area contributed by atoms with E-state index in [1.807, 2.05) is 54.6 Å². The minimum Gasteiger partial charge on any atom is -0.481 e. The van der Waals surface area contributed by atoms with Gasteiger partial charge < -0.3 is 15.2 Å². The molecular weight excluding hydrogens is 318 g/mol. The zero-order valence-electron chi connectivity index (χ0n) is 13.7. The van der Waals surface area contributed by atoms with Crippen LogP contribution in [0.2, 0.25) is 0 Å². The number of benzene rings is 2. The second-order valence-corrected chi connectivity index (χ2v) is 5.31. The first-order valence-corrected chi connectivity index (χ1v) is 7.87. The molecule has 1 amide bonds. The summed E-state index contributed by atoms with van der Waals surface area (Å²) in [5.41, 5.74) is 2.62. The summed E-state index contributed by atoms with van der Waals surface area (Å²) in [5.74, 6) is 4.95. The van der Waals surface area contributed by atoms with Gasteiger partial charge in [0.15, 0.2) is 0 Å². The van der Waals surface area contributed by atoms with Gasteiger partial charge in [0.25, 0.3) is 0 Å². The van der Waals surface area contributed by atoms with E-state index in [9.17, 15) is 9.59 Å². The van der Waals surface area contributed by atoms with Crippen LogP contribution in [0.3, 0.4) is 0 Å². The molecule has 0 saturated carbocycles. The molecule has 2 aromatic rings. The average molecular weight is 337 g/mol. The number of rotatable bonds is 6. The molecule has 0 heterocycles. The molecule has 5 heteroatoms. The van der Waals surface area contributed by atoms with Crippen molar-refractivity contribution in [1.29, 1.82) is 0 Å². The van der Waals surface area contributed by atoms with Crippen LogP contribution in [0.4, 0.5) is 4.79 Å². The second-order valence-electron chi connectivity index (χ2n) is 5.31. The number of ether oxygens (including phenoxy) is 1. The fourth-order valence-corrected chi connectivity index (χ4v) is 2.09. The molecule has 0 saturated heterocycles. The molecular formula is C20H19NO4. The standard InChI is InChI=1S/C20H19NO4/c22-19(23)12-11-17-9-4-8-16(14-17)10-5-13-21-20(24)25-15-18-6-2-1-3-7-18/h1-4,6-9,14H,11-13,15H2,(H,21,24)(H,22,23). The molecule has 0 spiro atoms. The first kappa shape index (κ1) is 18.1. The Morgan fingerprint density at radius 1 is 1.04 bits per heavy atom. The number of carboxylic acids is 1. The molecule has 2 N–H and O–H groups in total. The Labute approximate surface area is 146 Å². The maximum Gasteiger partial charge on any atom is 0.408 e. The van der Waals surface area contributed by atoms with Crippen molar-refractivity contribution < 1.29 is 19.4 Å². The zero-order valence-corrected chi connectivity index (χ0v) is 13.7. The van der Waals surface area contributed by atoms with Gasteiger partial charge in [-0.2, -0.15) is 0 Å². The number of hydrogen-bond donors (Lipinski definition) is 2. The second kappa shape index (κ2) is 9.78. The molecule has 25 heavy (non-hydrogen) atoms. The van der Waals surface area contributed by atoms with Crippen molar-refractivity contribution in [3.05, 3.63) is 71.3 Å². The van der Waals surface area contributed by atoms with Crippen LogP contribution in [0.15, 0.2) is 54.6 Å². The monoisotopic (exact) mass is 337 g/mol. The summed E-state index contributed by atoms with van der Waals surface area (Å²) >= 11 is 0. The molecule has 0 aromatic heterocycles. The molecule has 2 rings (SSSR count). The highest BCUT2D eigenvalue weighted by atomic mass is 16.5. The number of aliphatic carboxylic acids is 1. The third-order valence-corrected chi connectivity index (χ3v) is 3.32. The van der Waals surface area contributed by atoms with Gasteiger partial charge in [-0.15, -0.1) is 0 Å². The van der Waals surface area contributed by atoms with Crippen LogP contribution in [-0.4, -0.2) is 23.7 Å². The fourth-order valence-electron chi connectivity index (χ4n) is 2.09. The number of carbonyl (C=O) groups is 2. The van der Waals surface area contributed by atoms with E-state index in [1.54, 1.807) is 0 Å². The highest BCUT2D eigenvalue weighted by Crippen LogP contribution is 2.06. The largest absolute Gasteiger partial charge is 0.481 e. The van der Waals surface area contributed by atoms with E-state index >= 15 is 0 Å². The van der Waals surface area contributed by atoms with Gasteiger partial charge in [0, 0.05) is 12.0 Å². The lowest BCUT2D eigenvalue weighted by atomic mass is 10.1. The lowest BCUT2D eigenvalue weighted by molar-refractivity contribution is -0.136. The summed E-state index contributed by atoms with van der Waals surface area (Å²) in [4.78, 5) is 22.2. The van der Waals surface area contributed by atoms with Crippen LogP contribution in [0, 0.1) is 11.8 Å². The lowest BCUT2D eigenvalue weighted by Gasteiger charge is -2.04. The van der Waals surface area contributed by atoms with Crippen LogP contribution in [-0.2, 0) is 22.6 Å². The van der Waals surface area contributed by atoms with Gasteiger partial charge in [0.1, 0.15) is 6.61 Å². The maximum atomic E-state index is 11.6. The van der Waals surface area contributed by atoms with Gasteiger partial charge >= 0.3 is 12.1 Å². The highest BCUT2D eigenvalue weighted by Gasteiger charge is 2.01. The molecule has 0 aliphatic carbocycles. The molecule has 0 aliphatic heterocycles. The summed E-state index contributed by atoms with van der Waals surface area (Å²) in [7, 11) is 0. The van der Waals surface area contributed by atoms with E-state index in [0.29, 0.717) is 6.42 Å². The predicted molar refractivity (Wildman–Crippen MR) is 93.9 cm³/mol. The summed E-state index contributed by atoms with van der Waals surface area (Å²) in [6, 6.07) is 16.8. The number of alkyl carbamates (subject to hydrolysis) is 1. The van der Waals surface area contributed by atoms with Crippen molar-refractivity contribution in [2.24, 2.45) is 0 Å². The maximum absolute atomic E-state index is 11.6. The topological polar surface area (TPSA) is 75.6 Å². The minimum absolute atomic E-state index is 0.0890. The number of carboxylic acid groups (broad SMARTS) is 1. The van der Waals surface area contributed by atoms with Crippen LogP contribution in [0.25, 0.3) is 0 Å². The van der Waals surface area contributed by atoms with E-state index in [1.165, 1.54) is 0 Å². The Hall–Kier alpha value is -3.26. The van der Waals surface area contributed by atoms with E-state index < -0.39 is 12.1 Å². The van der Waals surface area contributed by atoms with Gasteiger partial charge in [0.2, 0.25) is 0 Å². The van der Waals surface area contributed by atoms with E-state index in [0.717, 1.165) is 16.7 Å². The first-order valence-electron chi connectivity index (χ1n) is 7.87. The summed E-state index contributed by atoms with van der Waals surface area (Å²) in [6.07, 6.45) is 0.0361. The van der Waals surface area contributed by atoms with Crippen molar-refractivity contribution >= 4 is 12.1 Å². The Morgan fingerprint density at radius 3 is 2.56 bits per heavy atom. The Balaban J connectivity index is 1.75. The first-order chi connectivity index (χ1) is 12.1. The molecule has 0 unspecified atom stereocenters. The van der Waals surface area contributed by atoms with Crippen LogP contribution >= 0.6 is 0 Å². The SMILES string of the molecule is O=C(O)CCc1cccc(C#CCNC(=O)OCc2ccccc2)c1. The normalized spacial score (nSPS) is 9.60. The van der Waals surface area contributed by atoms with Crippen molar-refractivity contribution in [2.45, 2.75) is 19.4 Å². The molecule has 128 valence electrons. The Bertz CT molecular complexity index is 775. The molecule has 0 atom stereocenters. The number of hydrogen-bond acceptors (Lipinski definition) is 3. The third kappa shape index (κ3) is 7.23. The van der Waals surface area contributed by atoms with Crippen LogP contribution < -0.4 is 5.32 Å². The van der Waals surface area contributed by atoms with Gasteiger partial charge in [-0.25, -0.2) is 4.79 Å². The summed E-state index contributed by atoms with van der Waals surface area (Å²) < 4.78 is 5.08. The molecule has 5 nitrogen and oxygen atoms in total. The lowest BCUT2D eigenvalue weighted by Crippen LogP contribution is -2.24. The van der Waals surface area contributed by atoms with E-state index in [4.69, 9.17) is 9.84 Å². The van der Waals surface area contributed by atoms with Crippen molar-refractivity contribution in [1.82, 2.24) is 5.32 Å². The molecule has 0 fully saturated rings. The molecule has 0 radical (unpaired) electrons. The number of carbonyl (C=O) groups excluding carboxylic acids is 1. The van der Waals surface area contributed by atoms with Crippen molar-refractivity contribution in [3.63, 3.8) is 0 Å². The Kier molecular flexibility index (Phi) is 7.08. The molecule has 2 aromatic carbocycles. The quantitative estimate of drug-likeness (QED) is 0.795. The van der Waals surface area contributed by atoms with Crippen LogP contribution in [0.1, 0.15) is 23.1 Å². The zero-order chi connectivity index (χ0) is 17.9. The van der Waals surface area contributed by atoms with E-state index in [2.05, 4.69) is 17.2 Å². The number of aryl methyl sites for hydroxylation is 1. The predicted octanol–water partition coefficient (Wildman–Crippen LogP) is 2.98. The molecule has 0 aliphatic rings. The van der Waals surface area contributed by atoms with Gasteiger partial charge in [0.05, 0.1) is 6.54 Å².